The van der Waals surface area contributed by atoms with Gasteiger partial charge < -0.3 is 10.2 Å². The Bertz CT molecular complexity index is 271. The van der Waals surface area contributed by atoms with Crippen molar-refractivity contribution in [2.24, 2.45) is 0 Å². The predicted molar refractivity (Wildman–Crippen MR) is 60.6 cm³/mol. The van der Waals surface area contributed by atoms with Crippen LogP contribution in [0.2, 0.25) is 0 Å². The number of hydrogen-bond acceptors (Lipinski definition) is 3. The Hall–Kier alpha value is -1.09. The molecule has 0 spiro atoms. The summed E-state index contributed by atoms with van der Waals surface area (Å²) in [5.74, 6) is 0. The minimum Gasteiger partial charge on any atom is -0.377 e. The normalized spacial score (nSPS) is 10.2. The first kappa shape index (κ1) is 11.0. The van der Waals surface area contributed by atoms with Crippen LogP contribution in [0.15, 0.2) is 18.5 Å². The smallest absolute Gasteiger partial charge is 0.0437 e. The predicted octanol–water partition coefficient (Wildman–Crippen LogP) is 1.65. The van der Waals surface area contributed by atoms with Gasteiger partial charge in [0.15, 0.2) is 0 Å². The molecule has 1 aromatic heterocycles. The molecule has 0 aliphatic heterocycles. The lowest BCUT2D eigenvalue weighted by Crippen LogP contribution is -2.18. The van der Waals surface area contributed by atoms with E-state index in [2.05, 4.69) is 36.2 Å². The highest BCUT2D eigenvalue weighted by atomic mass is 15.1. The zero-order chi connectivity index (χ0) is 10.4. The fourth-order valence-corrected chi connectivity index (χ4v) is 1.39. The number of pyridine rings is 1. The van der Waals surface area contributed by atoms with Gasteiger partial charge in [-0.1, -0.05) is 6.92 Å². The first-order valence-corrected chi connectivity index (χ1v) is 5.06. The van der Waals surface area contributed by atoms with Gasteiger partial charge in [0.25, 0.3) is 0 Å². The Morgan fingerprint density at radius 1 is 1.43 bits per heavy atom. The summed E-state index contributed by atoms with van der Waals surface area (Å²) in [6.07, 6.45) is 4.92. The van der Waals surface area contributed by atoms with Gasteiger partial charge in [-0.25, -0.2) is 0 Å². The van der Waals surface area contributed by atoms with Crippen molar-refractivity contribution in [3.05, 3.63) is 24.0 Å². The van der Waals surface area contributed by atoms with Crippen LogP contribution in [0.3, 0.4) is 0 Å². The highest BCUT2D eigenvalue weighted by Crippen LogP contribution is 2.15. The molecule has 3 heteroatoms. The van der Waals surface area contributed by atoms with Crippen LogP contribution in [0.1, 0.15) is 18.9 Å². The van der Waals surface area contributed by atoms with Crippen LogP contribution in [-0.4, -0.2) is 25.6 Å². The minimum atomic E-state index is 0.898. The molecule has 1 aromatic rings. The summed E-state index contributed by atoms with van der Waals surface area (Å²) in [6.45, 7) is 4.13. The van der Waals surface area contributed by atoms with E-state index in [1.807, 2.05) is 18.5 Å². The Kier molecular flexibility index (Phi) is 4.40. The van der Waals surface area contributed by atoms with Crippen molar-refractivity contribution in [3.63, 3.8) is 0 Å². The molecule has 14 heavy (non-hydrogen) atoms. The molecule has 0 unspecified atom stereocenters. The highest BCUT2D eigenvalue weighted by molar-refractivity contribution is 5.50. The van der Waals surface area contributed by atoms with Crippen LogP contribution < -0.4 is 10.2 Å². The maximum absolute atomic E-state index is 4.14. The number of rotatable bonds is 5. The standard InChI is InChI=1S/C11H19N3/c1-4-6-12-8-10-9-13-7-5-11(10)14(2)3/h5,7,9,12H,4,6,8H2,1-3H3. The molecule has 1 rings (SSSR count). The third-order valence-corrected chi connectivity index (χ3v) is 2.10. The van der Waals surface area contributed by atoms with Crippen LogP contribution in [0.5, 0.6) is 0 Å². The number of aromatic nitrogens is 1. The van der Waals surface area contributed by atoms with Gasteiger partial charge in [0, 0.05) is 44.3 Å². The molecular formula is C11H19N3. The summed E-state index contributed by atoms with van der Waals surface area (Å²) in [5.41, 5.74) is 2.49. The Labute approximate surface area is 86.2 Å². The molecule has 0 saturated heterocycles. The zero-order valence-electron chi connectivity index (χ0n) is 9.25. The van der Waals surface area contributed by atoms with E-state index in [4.69, 9.17) is 0 Å². The molecule has 0 aliphatic carbocycles. The van der Waals surface area contributed by atoms with E-state index in [-0.39, 0.29) is 0 Å². The second kappa shape index (κ2) is 5.60. The summed E-state index contributed by atoms with van der Waals surface area (Å²) in [7, 11) is 4.11. The minimum absolute atomic E-state index is 0.898. The van der Waals surface area contributed by atoms with Gasteiger partial charge in [-0.15, -0.1) is 0 Å². The van der Waals surface area contributed by atoms with Crippen LogP contribution in [-0.2, 0) is 6.54 Å². The van der Waals surface area contributed by atoms with Crippen molar-refractivity contribution in [3.8, 4) is 0 Å². The summed E-state index contributed by atoms with van der Waals surface area (Å²) >= 11 is 0. The van der Waals surface area contributed by atoms with Gasteiger partial charge in [0.05, 0.1) is 0 Å². The summed E-state index contributed by atoms with van der Waals surface area (Å²) in [6, 6.07) is 2.04. The average Bonchev–Trinajstić information content (AvgIpc) is 2.19. The molecule has 0 bridgehead atoms. The molecular weight excluding hydrogens is 174 g/mol. The fraction of sp³-hybridized carbons (Fsp3) is 0.545. The van der Waals surface area contributed by atoms with Crippen LogP contribution >= 0.6 is 0 Å². The molecule has 1 heterocycles. The number of nitrogens with zero attached hydrogens (tertiary/aromatic N) is 2. The molecule has 0 saturated carbocycles. The summed E-state index contributed by atoms with van der Waals surface area (Å²) in [5, 5.41) is 3.38. The summed E-state index contributed by atoms with van der Waals surface area (Å²) in [4.78, 5) is 6.26. The quantitative estimate of drug-likeness (QED) is 0.721. The molecule has 0 radical (unpaired) electrons. The molecule has 0 aromatic carbocycles. The Morgan fingerprint density at radius 2 is 2.21 bits per heavy atom. The van der Waals surface area contributed by atoms with E-state index in [9.17, 15) is 0 Å². The fourth-order valence-electron chi connectivity index (χ4n) is 1.39. The molecule has 0 aliphatic rings. The zero-order valence-corrected chi connectivity index (χ0v) is 9.25. The van der Waals surface area contributed by atoms with Crippen molar-refractivity contribution in [2.75, 3.05) is 25.5 Å². The lowest BCUT2D eigenvalue weighted by molar-refractivity contribution is 0.673. The van der Waals surface area contributed by atoms with Gasteiger partial charge in [-0.05, 0) is 19.0 Å². The monoisotopic (exact) mass is 193 g/mol. The maximum atomic E-state index is 4.14. The lowest BCUT2D eigenvalue weighted by Gasteiger charge is -2.16. The first-order chi connectivity index (χ1) is 6.75. The van der Waals surface area contributed by atoms with E-state index in [0.29, 0.717) is 0 Å². The lowest BCUT2D eigenvalue weighted by atomic mass is 10.2. The SMILES string of the molecule is CCCNCc1cnccc1N(C)C. The van der Waals surface area contributed by atoms with E-state index in [1.54, 1.807) is 0 Å². The Morgan fingerprint density at radius 3 is 2.86 bits per heavy atom. The van der Waals surface area contributed by atoms with Crippen molar-refractivity contribution >= 4 is 5.69 Å². The van der Waals surface area contributed by atoms with Crippen molar-refractivity contribution in [1.82, 2.24) is 10.3 Å². The van der Waals surface area contributed by atoms with Gasteiger partial charge in [-0.2, -0.15) is 0 Å². The largest absolute Gasteiger partial charge is 0.377 e. The second-order valence-electron chi connectivity index (χ2n) is 3.58. The number of nitrogens with one attached hydrogen (secondary N) is 1. The molecule has 0 amide bonds. The van der Waals surface area contributed by atoms with Crippen LogP contribution in [0.4, 0.5) is 5.69 Å². The Balaban J connectivity index is 2.64. The van der Waals surface area contributed by atoms with Gasteiger partial charge in [0.2, 0.25) is 0 Å². The van der Waals surface area contributed by atoms with Crippen molar-refractivity contribution in [2.45, 2.75) is 19.9 Å². The van der Waals surface area contributed by atoms with Gasteiger partial charge in [-0.3, -0.25) is 4.98 Å². The number of anilines is 1. The topological polar surface area (TPSA) is 28.2 Å². The third-order valence-electron chi connectivity index (χ3n) is 2.10. The summed E-state index contributed by atoms with van der Waals surface area (Å²) < 4.78 is 0. The first-order valence-electron chi connectivity index (χ1n) is 5.06. The average molecular weight is 193 g/mol. The molecule has 0 fully saturated rings. The van der Waals surface area contributed by atoms with E-state index in [1.165, 1.54) is 11.3 Å². The molecule has 0 atom stereocenters. The molecule has 3 nitrogen and oxygen atoms in total. The van der Waals surface area contributed by atoms with E-state index in [0.717, 1.165) is 19.5 Å². The van der Waals surface area contributed by atoms with Crippen LogP contribution in [0, 0.1) is 0 Å². The molecule has 1 N–H and O–H groups in total. The van der Waals surface area contributed by atoms with E-state index >= 15 is 0 Å². The van der Waals surface area contributed by atoms with Gasteiger partial charge >= 0.3 is 0 Å². The third kappa shape index (κ3) is 3.00. The van der Waals surface area contributed by atoms with Crippen molar-refractivity contribution in [1.29, 1.82) is 0 Å². The second-order valence-corrected chi connectivity index (χ2v) is 3.58. The van der Waals surface area contributed by atoms with E-state index < -0.39 is 0 Å². The van der Waals surface area contributed by atoms with Crippen molar-refractivity contribution < 1.29 is 0 Å². The maximum Gasteiger partial charge on any atom is 0.0437 e. The van der Waals surface area contributed by atoms with Gasteiger partial charge in [0.1, 0.15) is 0 Å². The number of hydrogen-bond donors (Lipinski definition) is 1. The van der Waals surface area contributed by atoms with Crippen LogP contribution in [0.25, 0.3) is 0 Å². The molecule has 78 valence electrons. The highest BCUT2D eigenvalue weighted by Gasteiger charge is 2.02.